The van der Waals surface area contributed by atoms with Crippen molar-refractivity contribution in [1.82, 2.24) is 15.6 Å². The number of urea groups is 1. The fraction of sp³-hybridized carbons (Fsp3) is 0.222. The topological polar surface area (TPSA) is 75.5 Å². The lowest BCUT2D eigenvalue weighted by atomic mass is 9.88. The third-order valence-electron chi connectivity index (χ3n) is 4.17. The molecule has 132 valence electrons. The summed E-state index contributed by atoms with van der Waals surface area (Å²) in [6.45, 7) is 7.23. The van der Waals surface area contributed by atoms with Crippen molar-refractivity contribution in [3.05, 3.63) is 70.0 Å². The Kier molecular flexibility index (Phi) is 5.14. The summed E-state index contributed by atoms with van der Waals surface area (Å²) >= 11 is 5.89. The van der Waals surface area contributed by atoms with Gasteiger partial charge in [-0.15, -0.1) is 0 Å². The quantitative estimate of drug-likeness (QED) is 0.791. The van der Waals surface area contributed by atoms with Gasteiger partial charge in [0.25, 0.3) is 0 Å². The number of ketones is 1. The van der Waals surface area contributed by atoms with E-state index in [1.54, 1.807) is 18.2 Å². The van der Waals surface area contributed by atoms with Gasteiger partial charge in [-0.25, -0.2) is 14.0 Å². The van der Waals surface area contributed by atoms with E-state index in [9.17, 15) is 14.0 Å². The van der Waals surface area contributed by atoms with E-state index in [0.717, 1.165) is 0 Å². The van der Waals surface area contributed by atoms with Crippen LogP contribution < -0.4 is 10.6 Å². The molecular formula is C18H14ClFN4O2. The van der Waals surface area contributed by atoms with Crippen molar-refractivity contribution >= 4 is 29.1 Å². The van der Waals surface area contributed by atoms with E-state index in [-0.39, 0.29) is 29.8 Å². The van der Waals surface area contributed by atoms with Crippen LogP contribution in [0.5, 0.6) is 0 Å². The highest BCUT2D eigenvalue weighted by atomic mass is 35.5. The van der Waals surface area contributed by atoms with Gasteiger partial charge in [-0.3, -0.25) is 9.78 Å². The summed E-state index contributed by atoms with van der Waals surface area (Å²) in [6, 6.07) is 6.51. The Morgan fingerprint density at radius 2 is 2.23 bits per heavy atom. The van der Waals surface area contributed by atoms with Crippen LogP contribution in [0.25, 0.3) is 4.85 Å². The molecule has 1 aromatic heterocycles. The Labute approximate surface area is 154 Å². The number of benzene rings is 1. The van der Waals surface area contributed by atoms with Crippen molar-refractivity contribution in [2.75, 3.05) is 6.54 Å². The number of hydrogen-bond acceptors (Lipinski definition) is 3. The molecule has 0 radical (unpaired) electrons. The van der Waals surface area contributed by atoms with E-state index in [4.69, 9.17) is 18.2 Å². The van der Waals surface area contributed by atoms with Crippen LogP contribution in [-0.4, -0.2) is 29.4 Å². The molecule has 26 heavy (non-hydrogen) atoms. The molecule has 1 fully saturated rings. The number of hydrogen-bond donors (Lipinski definition) is 2. The summed E-state index contributed by atoms with van der Waals surface area (Å²) in [5.41, 5.74) is 1.57. The van der Waals surface area contributed by atoms with Crippen molar-refractivity contribution in [2.45, 2.75) is 18.4 Å². The Morgan fingerprint density at radius 3 is 2.81 bits per heavy atom. The molecule has 8 heteroatoms. The molecule has 2 atom stereocenters. The van der Waals surface area contributed by atoms with Crippen LogP contribution in [0.1, 0.15) is 23.6 Å². The maximum absolute atomic E-state index is 13.5. The molecule has 0 spiro atoms. The number of rotatable bonds is 5. The molecular weight excluding hydrogens is 359 g/mol. The summed E-state index contributed by atoms with van der Waals surface area (Å²) in [4.78, 5) is 31.4. The lowest BCUT2D eigenvalue weighted by Crippen LogP contribution is -2.35. The first-order valence-electron chi connectivity index (χ1n) is 7.83. The molecule has 3 rings (SSSR count). The lowest BCUT2D eigenvalue weighted by Gasteiger charge is -2.19. The van der Waals surface area contributed by atoms with Crippen molar-refractivity contribution < 1.29 is 14.0 Å². The summed E-state index contributed by atoms with van der Waals surface area (Å²) in [6.07, 6.45) is 1.47. The van der Waals surface area contributed by atoms with Gasteiger partial charge < -0.3 is 10.6 Å². The minimum Gasteiger partial charge on any atom is -0.336 e. The first kappa shape index (κ1) is 17.8. The van der Waals surface area contributed by atoms with Crippen LogP contribution in [-0.2, 0) is 4.79 Å². The number of Topliss-reactive ketones (excluding diaryl/α,β-unsaturated/α-hetero) is 1. The van der Waals surface area contributed by atoms with Gasteiger partial charge in [0.1, 0.15) is 11.9 Å². The summed E-state index contributed by atoms with van der Waals surface area (Å²) in [5.74, 6) is -1.20. The van der Waals surface area contributed by atoms with Gasteiger partial charge in [0.2, 0.25) is 5.69 Å². The second-order valence-corrected chi connectivity index (χ2v) is 6.26. The fourth-order valence-electron chi connectivity index (χ4n) is 2.78. The fourth-order valence-corrected chi connectivity index (χ4v) is 2.97. The molecule has 2 heterocycles. The van der Waals surface area contributed by atoms with E-state index in [2.05, 4.69) is 20.5 Å². The highest BCUT2D eigenvalue weighted by molar-refractivity contribution is 6.30. The number of carbonyl (C=O) groups excluding carboxylic acids is 2. The molecule has 1 aliphatic rings. The third kappa shape index (κ3) is 3.81. The molecule has 1 aliphatic heterocycles. The number of nitrogens with one attached hydrogen (secondary N) is 2. The molecule has 0 aliphatic carbocycles. The predicted octanol–water partition coefficient (Wildman–Crippen LogP) is 3.20. The Balaban J connectivity index is 1.92. The van der Waals surface area contributed by atoms with Gasteiger partial charge in [-0.05, 0) is 17.7 Å². The van der Waals surface area contributed by atoms with Crippen LogP contribution in [0.4, 0.5) is 14.9 Å². The average molecular weight is 373 g/mol. The Hall–Kier alpha value is -2.98. The van der Waals surface area contributed by atoms with Crippen LogP contribution in [0, 0.1) is 12.4 Å². The average Bonchev–Trinajstić information content (AvgIpc) is 3.09. The Morgan fingerprint density at radius 1 is 1.42 bits per heavy atom. The standard InChI is InChI=1S/C18H14ClFN4O2/c1-21-11-3-5-15(22-8-11)12(10-2-4-14(20)13(19)6-10)7-17(25)16-9-23-18(26)24-16/h2-6,8,12,16H,7,9H2,(H2,23,24,26)/t12?,16-/m0/s1. The van der Waals surface area contributed by atoms with Crippen molar-refractivity contribution in [1.29, 1.82) is 0 Å². The second kappa shape index (κ2) is 7.50. The molecule has 0 bridgehead atoms. The molecule has 2 aromatic rings. The van der Waals surface area contributed by atoms with Gasteiger partial charge in [0.05, 0.1) is 11.6 Å². The highest BCUT2D eigenvalue weighted by Crippen LogP contribution is 2.31. The maximum Gasteiger partial charge on any atom is 0.315 e. The Bertz CT molecular complexity index is 895. The van der Waals surface area contributed by atoms with E-state index in [1.807, 2.05) is 0 Å². The molecule has 1 aromatic carbocycles. The van der Waals surface area contributed by atoms with Gasteiger partial charge in [0, 0.05) is 30.8 Å². The van der Waals surface area contributed by atoms with E-state index in [1.165, 1.54) is 18.3 Å². The van der Waals surface area contributed by atoms with Gasteiger partial charge in [0.15, 0.2) is 5.78 Å². The second-order valence-electron chi connectivity index (χ2n) is 5.86. The zero-order valence-corrected chi connectivity index (χ0v) is 14.3. The SMILES string of the molecule is [C-]#[N+]c1ccc(C(CC(=O)[C@@H]2CNC(=O)N2)c2ccc(F)c(Cl)c2)nc1. The van der Waals surface area contributed by atoms with Crippen molar-refractivity contribution in [2.24, 2.45) is 0 Å². The maximum atomic E-state index is 13.5. The molecule has 2 N–H and O–H groups in total. The van der Waals surface area contributed by atoms with Gasteiger partial charge >= 0.3 is 6.03 Å². The number of aromatic nitrogens is 1. The van der Waals surface area contributed by atoms with Crippen LogP contribution in [0.3, 0.4) is 0 Å². The van der Waals surface area contributed by atoms with Crippen molar-refractivity contribution in [3.8, 4) is 0 Å². The molecule has 6 nitrogen and oxygen atoms in total. The first-order chi connectivity index (χ1) is 12.5. The van der Waals surface area contributed by atoms with E-state index in [0.29, 0.717) is 16.9 Å². The first-order valence-corrected chi connectivity index (χ1v) is 8.21. The van der Waals surface area contributed by atoms with E-state index < -0.39 is 17.8 Å². The minimum absolute atomic E-state index is 0.0476. The van der Waals surface area contributed by atoms with Crippen molar-refractivity contribution in [3.63, 3.8) is 0 Å². The number of carbonyl (C=O) groups is 2. The summed E-state index contributed by atoms with van der Waals surface area (Å²) < 4.78 is 13.5. The highest BCUT2D eigenvalue weighted by Gasteiger charge is 2.30. The van der Waals surface area contributed by atoms with Crippen LogP contribution in [0.15, 0.2) is 36.5 Å². The van der Waals surface area contributed by atoms with Crippen LogP contribution >= 0.6 is 11.6 Å². The van der Waals surface area contributed by atoms with Gasteiger partial charge in [-0.1, -0.05) is 29.8 Å². The summed E-state index contributed by atoms with van der Waals surface area (Å²) in [5, 5.41) is 5.05. The predicted molar refractivity (Wildman–Crippen MR) is 93.7 cm³/mol. The van der Waals surface area contributed by atoms with Gasteiger partial charge in [-0.2, -0.15) is 0 Å². The third-order valence-corrected chi connectivity index (χ3v) is 4.46. The normalized spacial score (nSPS) is 17.1. The van der Waals surface area contributed by atoms with E-state index >= 15 is 0 Å². The van der Waals surface area contributed by atoms with Crippen LogP contribution in [0.2, 0.25) is 5.02 Å². The number of amides is 2. The number of nitrogens with zero attached hydrogens (tertiary/aromatic N) is 2. The number of pyridine rings is 1. The molecule has 1 saturated heterocycles. The molecule has 0 saturated carbocycles. The minimum atomic E-state index is -0.622. The largest absolute Gasteiger partial charge is 0.336 e. The smallest absolute Gasteiger partial charge is 0.315 e. The molecule has 1 unspecified atom stereocenters. The molecule has 2 amide bonds. The lowest BCUT2D eigenvalue weighted by molar-refractivity contribution is -0.120. The zero-order valence-electron chi connectivity index (χ0n) is 13.5. The zero-order chi connectivity index (χ0) is 18.7. The summed E-state index contributed by atoms with van der Waals surface area (Å²) in [7, 11) is 0. The monoisotopic (exact) mass is 372 g/mol. The number of halogens is 2.